The molecule has 0 radical (unpaired) electrons. The van der Waals surface area contributed by atoms with E-state index in [4.69, 9.17) is 0 Å². The van der Waals surface area contributed by atoms with Crippen LogP contribution in [0.2, 0.25) is 0 Å². The molecular weight excluding hydrogens is 352 g/mol. The first-order valence-electron chi connectivity index (χ1n) is 6.95. The highest BCUT2D eigenvalue weighted by atomic mass is 79.9. The highest BCUT2D eigenvalue weighted by Gasteiger charge is 2.25. The minimum absolute atomic E-state index is 0.0975. The first-order chi connectivity index (χ1) is 10.1. The number of piperidine rings is 1. The fourth-order valence-corrected chi connectivity index (χ4v) is 4.21. The van der Waals surface area contributed by atoms with Crippen molar-refractivity contribution >= 4 is 33.0 Å². The topological polar surface area (TPSA) is 51.0 Å². The Balaban J connectivity index is 1.87. The van der Waals surface area contributed by atoms with Crippen molar-refractivity contribution in [2.45, 2.75) is 25.7 Å². The lowest BCUT2D eigenvalue weighted by atomic mass is 9.98. The standard InChI is InChI=1S/C14H17BrN4OS/c1-9-8-21-13(17-9)10-4-3-5-19(7-10)11-6-16-18(2)14(20)12(11)15/h6,8,10H,3-5,7H2,1-2H3. The maximum absolute atomic E-state index is 12.0. The summed E-state index contributed by atoms with van der Waals surface area (Å²) in [6.07, 6.45) is 4.02. The minimum Gasteiger partial charge on any atom is -0.368 e. The number of hydrogen-bond donors (Lipinski definition) is 0. The molecule has 0 spiro atoms. The molecule has 1 unspecified atom stereocenters. The van der Waals surface area contributed by atoms with Crippen LogP contribution < -0.4 is 10.5 Å². The SMILES string of the molecule is Cc1csc(C2CCCN(c3cnn(C)c(=O)c3Br)C2)n1. The predicted octanol–water partition coefficient (Wildman–Crippen LogP) is 2.69. The molecule has 0 N–H and O–H groups in total. The van der Waals surface area contributed by atoms with Crippen molar-refractivity contribution in [2.24, 2.45) is 7.05 Å². The Morgan fingerprint density at radius 2 is 2.29 bits per heavy atom. The zero-order valence-corrected chi connectivity index (χ0v) is 14.4. The Morgan fingerprint density at radius 3 is 3.00 bits per heavy atom. The molecule has 0 saturated carbocycles. The zero-order valence-electron chi connectivity index (χ0n) is 12.0. The lowest BCUT2D eigenvalue weighted by Gasteiger charge is -2.33. The third-order valence-corrected chi connectivity index (χ3v) is 5.68. The van der Waals surface area contributed by atoms with Crippen molar-refractivity contribution in [1.29, 1.82) is 0 Å². The Bertz CT molecular complexity index is 711. The molecule has 0 aliphatic carbocycles. The van der Waals surface area contributed by atoms with Crippen LogP contribution in [0.25, 0.3) is 0 Å². The molecule has 5 nitrogen and oxygen atoms in total. The molecule has 1 saturated heterocycles. The molecule has 0 bridgehead atoms. The monoisotopic (exact) mass is 368 g/mol. The summed E-state index contributed by atoms with van der Waals surface area (Å²) in [6, 6.07) is 0. The Kier molecular flexibility index (Phi) is 4.12. The van der Waals surface area contributed by atoms with Gasteiger partial charge in [-0.15, -0.1) is 11.3 Å². The van der Waals surface area contributed by atoms with Gasteiger partial charge in [0.05, 0.1) is 16.9 Å². The predicted molar refractivity (Wildman–Crippen MR) is 88.2 cm³/mol. The molecule has 2 aromatic rings. The molecule has 7 heteroatoms. The van der Waals surface area contributed by atoms with Gasteiger partial charge in [-0.1, -0.05) is 0 Å². The van der Waals surface area contributed by atoms with E-state index in [0.717, 1.165) is 37.3 Å². The molecule has 3 heterocycles. The Hall–Kier alpha value is -1.21. The first-order valence-corrected chi connectivity index (χ1v) is 8.62. The lowest BCUT2D eigenvalue weighted by molar-refractivity contribution is 0.506. The fraction of sp³-hybridized carbons (Fsp3) is 0.500. The van der Waals surface area contributed by atoms with Gasteiger partial charge in [0.15, 0.2) is 0 Å². The van der Waals surface area contributed by atoms with Crippen LogP contribution in [0.4, 0.5) is 5.69 Å². The van der Waals surface area contributed by atoms with E-state index < -0.39 is 0 Å². The summed E-state index contributed by atoms with van der Waals surface area (Å²) in [6.45, 7) is 3.87. The number of aryl methyl sites for hydroxylation is 2. The number of anilines is 1. The van der Waals surface area contributed by atoms with Gasteiger partial charge in [0, 0.05) is 37.1 Å². The molecular formula is C14H17BrN4OS. The van der Waals surface area contributed by atoms with E-state index in [2.05, 4.69) is 36.3 Å². The van der Waals surface area contributed by atoms with E-state index in [1.54, 1.807) is 24.6 Å². The van der Waals surface area contributed by atoms with Crippen molar-refractivity contribution in [3.8, 4) is 0 Å². The maximum Gasteiger partial charge on any atom is 0.282 e. The highest BCUT2D eigenvalue weighted by molar-refractivity contribution is 9.10. The van der Waals surface area contributed by atoms with Crippen molar-refractivity contribution in [3.63, 3.8) is 0 Å². The third-order valence-electron chi connectivity index (χ3n) is 3.81. The van der Waals surface area contributed by atoms with E-state index in [-0.39, 0.29) is 5.56 Å². The van der Waals surface area contributed by atoms with Gasteiger partial charge in [-0.25, -0.2) is 9.67 Å². The number of aromatic nitrogens is 3. The smallest absolute Gasteiger partial charge is 0.282 e. The van der Waals surface area contributed by atoms with Gasteiger partial charge in [-0.2, -0.15) is 5.10 Å². The summed E-state index contributed by atoms with van der Waals surface area (Å²) in [4.78, 5) is 18.9. The van der Waals surface area contributed by atoms with E-state index in [1.165, 1.54) is 9.69 Å². The molecule has 1 aliphatic rings. The van der Waals surface area contributed by atoms with E-state index in [1.807, 2.05) is 6.92 Å². The summed E-state index contributed by atoms with van der Waals surface area (Å²) in [5.41, 5.74) is 1.87. The fourth-order valence-electron chi connectivity index (χ4n) is 2.68. The Labute approximate surface area is 135 Å². The molecule has 21 heavy (non-hydrogen) atoms. The molecule has 112 valence electrons. The van der Waals surface area contributed by atoms with Crippen molar-refractivity contribution in [3.05, 3.63) is 37.1 Å². The first kappa shape index (κ1) is 14.7. The van der Waals surface area contributed by atoms with E-state index in [9.17, 15) is 4.79 Å². The molecule has 1 atom stereocenters. The maximum atomic E-state index is 12.0. The number of hydrogen-bond acceptors (Lipinski definition) is 5. The van der Waals surface area contributed by atoms with Crippen LogP contribution in [0.1, 0.15) is 29.5 Å². The highest BCUT2D eigenvalue weighted by Crippen LogP contribution is 2.33. The van der Waals surface area contributed by atoms with Crippen LogP contribution in [0.5, 0.6) is 0 Å². The molecule has 2 aromatic heterocycles. The zero-order chi connectivity index (χ0) is 15.0. The molecule has 1 aliphatic heterocycles. The molecule has 3 rings (SSSR count). The number of nitrogens with zero attached hydrogens (tertiary/aromatic N) is 4. The van der Waals surface area contributed by atoms with E-state index in [0.29, 0.717) is 10.4 Å². The Morgan fingerprint density at radius 1 is 1.48 bits per heavy atom. The second kappa shape index (κ2) is 5.88. The second-order valence-electron chi connectivity index (χ2n) is 5.38. The van der Waals surface area contributed by atoms with Gasteiger partial charge in [-0.05, 0) is 35.7 Å². The van der Waals surface area contributed by atoms with Gasteiger partial charge < -0.3 is 4.90 Å². The normalized spacial score (nSPS) is 19.0. The van der Waals surface area contributed by atoms with Gasteiger partial charge in [0.2, 0.25) is 0 Å². The van der Waals surface area contributed by atoms with Gasteiger partial charge in [-0.3, -0.25) is 4.79 Å². The van der Waals surface area contributed by atoms with Gasteiger partial charge in [0.25, 0.3) is 5.56 Å². The van der Waals surface area contributed by atoms with Crippen molar-refractivity contribution in [1.82, 2.24) is 14.8 Å². The van der Waals surface area contributed by atoms with Crippen LogP contribution in [0.3, 0.4) is 0 Å². The van der Waals surface area contributed by atoms with Crippen LogP contribution in [-0.2, 0) is 7.05 Å². The van der Waals surface area contributed by atoms with Gasteiger partial charge >= 0.3 is 0 Å². The summed E-state index contributed by atoms with van der Waals surface area (Å²) < 4.78 is 1.94. The second-order valence-corrected chi connectivity index (χ2v) is 7.07. The lowest BCUT2D eigenvalue weighted by Crippen LogP contribution is -2.36. The summed E-state index contributed by atoms with van der Waals surface area (Å²) >= 11 is 5.15. The molecule has 0 amide bonds. The van der Waals surface area contributed by atoms with Gasteiger partial charge in [0.1, 0.15) is 4.47 Å². The summed E-state index contributed by atoms with van der Waals surface area (Å²) in [5, 5.41) is 7.44. The van der Waals surface area contributed by atoms with Crippen LogP contribution >= 0.6 is 27.3 Å². The summed E-state index contributed by atoms with van der Waals surface area (Å²) in [5.74, 6) is 0.438. The largest absolute Gasteiger partial charge is 0.368 e. The minimum atomic E-state index is -0.0975. The quantitative estimate of drug-likeness (QED) is 0.817. The average Bonchev–Trinajstić information content (AvgIpc) is 2.92. The van der Waals surface area contributed by atoms with Crippen LogP contribution in [-0.4, -0.2) is 27.9 Å². The number of rotatable bonds is 2. The molecule has 1 fully saturated rings. The van der Waals surface area contributed by atoms with Crippen LogP contribution in [0.15, 0.2) is 20.8 Å². The number of thiazole rings is 1. The molecule has 0 aromatic carbocycles. The summed E-state index contributed by atoms with van der Waals surface area (Å²) in [7, 11) is 1.66. The van der Waals surface area contributed by atoms with Crippen molar-refractivity contribution < 1.29 is 0 Å². The van der Waals surface area contributed by atoms with E-state index >= 15 is 0 Å². The number of halogens is 1. The average molecular weight is 369 g/mol. The van der Waals surface area contributed by atoms with Crippen molar-refractivity contribution in [2.75, 3.05) is 18.0 Å². The third kappa shape index (κ3) is 2.89. The van der Waals surface area contributed by atoms with Crippen LogP contribution in [0, 0.1) is 6.92 Å².